The summed E-state index contributed by atoms with van der Waals surface area (Å²) in [5, 5.41) is 2.21. The van der Waals surface area contributed by atoms with Crippen LogP contribution >= 0.6 is 11.8 Å². The van der Waals surface area contributed by atoms with Crippen molar-refractivity contribution in [2.75, 3.05) is 6.61 Å². The summed E-state index contributed by atoms with van der Waals surface area (Å²) in [7, 11) is 0. The number of thioether (sulfide) groups is 1. The first kappa shape index (κ1) is 18.0. The number of benzene rings is 2. The highest BCUT2D eigenvalue weighted by Gasteiger charge is 2.17. The molecule has 0 aliphatic rings. The van der Waals surface area contributed by atoms with Gasteiger partial charge in [0.05, 0.1) is 0 Å². The number of amides is 1. The normalized spacial score (nSPS) is 11.6. The van der Waals surface area contributed by atoms with Crippen molar-refractivity contribution in [2.24, 2.45) is 0 Å². The molecule has 0 radical (unpaired) electrons. The van der Waals surface area contributed by atoms with E-state index in [1.54, 1.807) is 19.1 Å². The van der Waals surface area contributed by atoms with Gasteiger partial charge in [-0.15, -0.1) is 11.8 Å². The molecule has 6 heteroatoms. The molecule has 0 bridgehead atoms. The number of hydrogen-bond acceptors (Lipinski definition) is 4. The first-order valence-corrected chi connectivity index (χ1v) is 8.32. The van der Waals surface area contributed by atoms with Crippen molar-refractivity contribution >= 4 is 23.6 Å². The lowest BCUT2D eigenvalue weighted by molar-refractivity contribution is -0.147. The fourth-order valence-corrected chi connectivity index (χ4v) is 2.75. The number of hydrogen-bond donors (Lipinski definition) is 1. The number of carbonyl (C=O) groups is 2. The van der Waals surface area contributed by atoms with Gasteiger partial charge in [-0.25, -0.2) is 4.39 Å². The van der Waals surface area contributed by atoms with Crippen LogP contribution < -0.4 is 5.32 Å². The first-order chi connectivity index (χ1) is 11.5. The molecule has 4 nitrogen and oxygen atoms in total. The number of ether oxygens (including phenoxy) is 1. The molecule has 1 atom stereocenters. The second-order valence-electron chi connectivity index (χ2n) is 5.08. The van der Waals surface area contributed by atoms with E-state index in [9.17, 15) is 14.0 Å². The van der Waals surface area contributed by atoms with E-state index in [-0.39, 0.29) is 19.0 Å². The van der Waals surface area contributed by atoms with Crippen molar-refractivity contribution in [1.82, 2.24) is 5.32 Å². The molecule has 0 saturated heterocycles. The second-order valence-corrected chi connectivity index (χ2v) is 6.50. The van der Waals surface area contributed by atoms with Crippen molar-refractivity contribution in [3.8, 4) is 0 Å². The van der Waals surface area contributed by atoms with Gasteiger partial charge in [-0.05, 0) is 36.8 Å². The Bertz CT molecular complexity index is 676. The molecule has 126 valence electrons. The molecule has 0 aliphatic carbocycles. The molecule has 0 fully saturated rings. The van der Waals surface area contributed by atoms with Crippen LogP contribution in [0.5, 0.6) is 0 Å². The SMILES string of the molecule is C[C@@H](Sc1ccccc1)C(=O)OCC(=O)NCc1ccc(F)cc1. The summed E-state index contributed by atoms with van der Waals surface area (Å²) in [6, 6.07) is 15.3. The maximum absolute atomic E-state index is 12.8. The van der Waals surface area contributed by atoms with Gasteiger partial charge in [-0.1, -0.05) is 30.3 Å². The molecule has 0 aromatic heterocycles. The first-order valence-electron chi connectivity index (χ1n) is 7.44. The Morgan fingerprint density at radius 2 is 1.79 bits per heavy atom. The van der Waals surface area contributed by atoms with Gasteiger partial charge >= 0.3 is 5.97 Å². The van der Waals surface area contributed by atoms with Crippen molar-refractivity contribution < 1.29 is 18.7 Å². The van der Waals surface area contributed by atoms with Crippen LogP contribution in [-0.4, -0.2) is 23.7 Å². The van der Waals surface area contributed by atoms with Gasteiger partial charge in [-0.2, -0.15) is 0 Å². The molecular formula is C18H18FNO3S. The Hall–Kier alpha value is -2.34. The molecule has 0 spiro atoms. The highest BCUT2D eigenvalue weighted by Crippen LogP contribution is 2.23. The van der Waals surface area contributed by atoms with Gasteiger partial charge in [0.25, 0.3) is 5.91 Å². The van der Waals surface area contributed by atoms with E-state index in [2.05, 4.69) is 5.32 Å². The summed E-state index contributed by atoms with van der Waals surface area (Å²) in [5.41, 5.74) is 0.768. The highest BCUT2D eigenvalue weighted by molar-refractivity contribution is 8.00. The Balaban J connectivity index is 1.70. The largest absolute Gasteiger partial charge is 0.455 e. The predicted molar refractivity (Wildman–Crippen MR) is 91.0 cm³/mol. The zero-order chi connectivity index (χ0) is 17.4. The summed E-state index contributed by atoms with van der Waals surface area (Å²) in [6.07, 6.45) is 0. The quantitative estimate of drug-likeness (QED) is 0.617. The van der Waals surface area contributed by atoms with Crippen molar-refractivity contribution in [2.45, 2.75) is 23.6 Å². The maximum atomic E-state index is 12.8. The van der Waals surface area contributed by atoms with E-state index in [1.165, 1.54) is 23.9 Å². The lowest BCUT2D eigenvalue weighted by Gasteiger charge is -2.11. The molecule has 0 unspecified atom stereocenters. The fraction of sp³-hybridized carbons (Fsp3) is 0.222. The Kier molecular flexibility index (Phi) is 6.81. The van der Waals surface area contributed by atoms with Gasteiger partial charge in [0.15, 0.2) is 6.61 Å². The van der Waals surface area contributed by atoms with E-state index < -0.39 is 17.1 Å². The molecule has 1 amide bonds. The van der Waals surface area contributed by atoms with Crippen molar-refractivity contribution in [3.63, 3.8) is 0 Å². The predicted octanol–water partition coefficient (Wildman–Crippen LogP) is 3.17. The Labute approximate surface area is 144 Å². The summed E-state index contributed by atoms with van der Waals surface area (Å²) < 4.78 is 17.8. The van der Waals surface area contributed by atoms with Crippen molar-refractivity contribution in [3.05, 3.63) is 66.0 Å². The summed E-state index contributed by atoms with van der Waals surface area (Å²) in [5.74, 6) is -1.17. The number of carbonyl (C=O) groups excluding carboxylic acids is 2. The third-order valence-electron chi connectivity index (χ3n) is 3.14. The standard InChI is InChI=1S/C18H18FNO3S/c1-13(24-16-5-3-2-4-6-16)18(22)23-12-17(21)20-11-14-7-9-15(19)10-8-14/h2-10,13H,11-12H2,1H3,(H,20,21)/t13-/m1/s1. The lowest BCUT2D eigenvalue weighted by Crippen LogP contribution is -2.30. The minimum Gasteiger partial charge on any atom is -0.455 e. The third kappa shape index (κ3) is 6.04. The minimum absolute atomic E-state index is 0.255. The third-order valence-corrected chi connectivity index (χ3v) is 4.23. The van der Waals surface area contributed by atoms with Crippen LogP contribution in [0.15, 0.2) is 59.5 Å². The number of esters is 1. The Morgan fingerprint density at radius 3 is 2.46 bits per heavy atom. The van der Waals surface area contributed by atoms with Crippen LogP contribution in [0.2, 0.25) is 0 Å². The number of rotatable bonds is 7. The fourth-order valence-electron chi connectivity index (χ4n) is 1.86. The van der Waals surface area contributed by atoms with Crippen molar-refractivity contribution in [1.29, 1.82) is 0 Å². The average Bonchev–Trinajstić information content (AvgIpc) is 2.60. The lowest BCUT2D eigenvalue weighted by atomic mass is 10.2. The molecule has 0 heterocycles. The minimum atomic E-state index is -0.444. The van der Waals surface area contributed by atoms with Gasteiger partial charge in [0, 0.05) is 11.4 Å². The zero-order valence-corrected chi connectivity index (χ0v) is 14.0. The van der Waals surface area contributed by atoms with Crippen LogP contribution in [0.3, 0.4) is 0 Å². The van der Waals surface area contributed by atoms with Gasteiger partial charge in [-0.3, -0.25) is 9.59 Å². The van der Waals surface area contributed by atoms with E-state index in [1.807, 2.05) is 30.3 Å². The second kappa shape index (κ2) is 9.08. The number of nitrogens with one attached hydrogen (secondary N) is 1. The highest BCUT2D eigenvalue weighted by atomic mass is 32.2. The van der Waals surface area contributed by atoms with Crippen LogP contribution in [0.25, 0.3) is 0 Å². The van der Waals surface area contributed by atoms with Crippen LogP contribution in [0, 0.1) is 5.82 Å². The van der Waals surface area contributed by atoms with Gasteiger partial charge in [0.2, 0.25) is 0 Å². The van der Waals surface area contributed by atoms with E-state index in [0.29, 0.717) is 0 Å². The summed E-state index contributed by atoms with van der Waals surface area (Å²) in [6.45, 7) is 1.65. The molecule has 1 N–H and O–H groups in total. The Morgan fingerprint density at radius 1 is 1.12 bits per heavy atom. The van der Waals surface area contributed by atoms with E-state index in [0.717, 1.165) is 10.5 Å². The molecule has 2 rings (SSSR count). The van der Waals surface area contributed by atoms with Crippen LogP contribution in [0.4, 0.5) is 4.39 Å². The van der Waals surface area contributed by atoms with Crippen LogP contribution in [-0.2, 0) is 20.9 Å². The molecule has 24 heavy (non-hydrogen) atoms. The summed E-state index contributed by atoms with van der Waals surface area (Å²) >= 11 is 1.37. The number of halogens is 1. The molecule has 0 aliphatic heterocycles. The molecule has 2 aromatic carbocycles. The average molecular weight is 347 g/mol. The zero-order valence-electron chi connectivity index (χ0n) is 13.2. The van der Waals surface area contributed by atoms with E-state index >= 15 is 0 Å². The molecular weight excluding hydrogens is 329 g/mol. The van der Waals surface area contributed by atoms with Gasteiger partial charge in [0.1, 0.15) is 11.1 Å². The monoisotopic (exact) mass is 347 g/mol. The summed E-state index contributed by atoms with van der Waals surface area (Å²) in [4.78, 5) is 24.6. The molecule has 2 aromatic rings. The topological polar surface area (TPSA) is 55.4 Å². The van der Waals surface area contributed by atoms with E-state index in [4.69, 9.17) is 4.74 Å². The molecule has 0 saturated carbocycles. The maximum Gasteiger partial charge on any atom is 0.319 e. The smallest absolute Gasteiger partial charge is 0.319 e. The van der Waals surface area contributed by atoms with Gasteiger partial charge < -0.3 is 10.1 Å². The van der Waals surface area contributed by atoms with Crippen LogP contribution in [0.1, 0.15) is 12.5 Å².